The summed E-state index contributed by atoms with van der Waals surface area (Å²) >= 11 is 6.03. The third-order valence-corrected chi connectivity index (χ3v) is 9.39. The molecule has 49 heavy (non-hydrogen) atoms. The predicted molar refractivity (Wildman–Crippen MR) is 192 cm³/mol. The lowest BCUT2D eigenvalue weighted by atomic mass is 9.92. The number of carbonyl (C=O) groups excluding carboxylic acids is 1. The maximum Gasteiger partial charge on any atom is 0.319 e. The summed E-state index contributed by atoms with van der Waals surface area (Å²) in [4.78, 5) is 24.3. The summed E-state index contributed by atoms with van der Waals surface area (Å²) in [6.45, 7) is 6.00. The zero-order valence-electron chi connectivity index (χ0n) is 28.0. The molecule has 2 aliphatic rings. The fourth-order valence-electron chi connectivity index (χ4n) is 6.54. The summed E-state index contributed by atoms with van der Waals surface area (Å²) in [6.07, 6.45) is 9.15. The van der Waals surface area contributed by atoms with E-state index in [1.165, 1.54) is 5.56 Å². The van der Waals surface area contributed by atoms with E-state index in [0.29, 0.717) is 17.5 Å². The molecular formula is C37H40ClN9O2. The van der Waals surface area contributed by atoms with Gasteiger partial charge in [-0.1, -0.05) is 29.3 Å². The van der Waals surface area contributed by atoms with Crippen molar-refractivity contribution in [2.45, 2.75) is 31.8 Å². The zero-order valence-corrected chi connectivity index (χ0v) is 28.7. The minimum absolute atomic E-state index is 0.00894. The molecule has 6 heterocycles. The quantitative estimate of drug-likeness (QED) is 0.233. The fourth-order valence-corrected chi connectivity index (χ4v) is 6.67. The molecule has 2 aliphatic heterocycles. The van der Waals surface area contributed by atoms with Crippen LogP contribution in [0.2, 0.25) is 5.02 Å². The number of pyridine rings is 2. The number of aryl methyl sites for hydroxylation is 1. The highest BCUT2D eigenvalue weighted by atomic mass is 35.5. The van der Waals surface area contributed by atoms with Gasteiger partial charge in [-0.25, -0.2) is 14.2 Å². The standard InChI is InChI=1S/C20H22ClN5O.C17H18N4O/c1-24(2)20(27)25-11-8-14(9-12-25)19-17-7-10-22-13-18(17)26(23-19)16-5-3-15(21)4-6-16;1-12-2-4-13(5-3-12)21-15-10-18-7-6-14(15)17(20-21)16-11-19-8-9-22-16/h3-7,10,13-14H,8-9,11-12H2,1-2H3;2-7,10,16,19H,8-9,11H2,1H3. The smallest absolute Gasteiger partial charge is 0.319 e. The summed E-state index contributed by atoms with van der Waals surface area (Å²) < 4.78 is 9.77. The topological polar surface area (TPSA) is 106 Å². The van der Waals surface area contributed by atoms with E-state index in [4.69, 9.17) is 26.5 Å². The van der Waals surface area contributed by atoms with E-state index in [1.807, 2.05) is 75.4 Å². The summed E-state index contributed by atoms with van der Waals surface area (Å²) in [5.41, 5.74) is 7.29. The van der Waals surface area contributed by atoms with Crippen LogP contribution in [0.15, 0.2) is 85.5 Å². The van der Waals surface area contributed by atoms with E-state index in [-0.39, 0.29) is 12.1 Å². The average Bonchev–Trinajstić information content (AvgIpc) is 3.72. The molecule has 6 aromatic rings. The van der Waals surface area contributed by atoms with E-state index >= 15 is 0 Å². The van der Waals surface area contributed by atoms with Crippen LogP contribution in [0.1, 0.15) is 41.8 Å². The van der Waals surface area contributed by atoms with E-state index in [2.05, 4.69) is 46.5 Å². The van der Waals surface area contributed by atoms with Crippen molar-refractivity contribution in [3.8, 4) is 11.4 Å². The minimum atomic E-state index is -0.00894. The third-order valence-electron chi connectivity index (χ3n) is 9.14. The highest BCUT2D eigenvalue weighted by Gasteiger charge is 2.28. The number of ether oxygens (including phenoxy) is 1. The van der Waals surface area contributed by atoms with Crippen molar-refractivity contribution in [3.05, 3.63) is 107 Å². The first kappa shape index (κ1) is 32.7. The van der Waals surface area contributed by atoms with E-state index in [1.54, 1.807) is 19.0 Å². The van der Waals surface area contributed by atoms with Crippen LogP contribution in [0.3, 0.4) is 0 Å². The van der Waals surface area contributed by atoms with Gasteiger partial charge in [0.1, 0.15) is 11.8 Å². The Kier molecular flexibility index (Phi) is 9.56. The number of aromatic nitrogens is 6. The van der Waals surface area contributed by atoms with Crippen LogP contribution in [0, 0.1) is 6.92 Å². The van der Waals surface area contributed by atoms with Gasteiger partial charge in [0.15, 0.2) is 0 Å². The number of amides is 2. The van der Waals surface area contributed by atoms with Gasteiger partial charge in [-0.3, -0.25) is 9.97 Å². The number of benzene rings is 2. The number of urea groups is 1. The highest BCUT2D eigenvalue weighted by molar-refractivity contribution is 6.30. The first-order valence-corrected chi connectivity index (χ1v) is 17.0. The Hall–Kier alpha value is -4.84. The molecule has 2 amide bonds. The molecule has 1 unspecified atom stereocenters. The maximum absolute atomic E-state index is 12.2. The number of hydrogen-bond donors (Lipinski definition) is 1. The Morgan fingerprint density at radius 3 is 1.98 bits per heavy atom. The van der Waals surface area contributed by atoms with Crippen LogP contribution in [-0.4, -0.2) is 92.2 Å². The molecule has 1 atom stereocenters. The van der Waals surface area contributed by atoms with Gasteiger partial charge in [0, 0.05) is 74.4 Å². The number of likely N-dealkylation sites (tertiary alicyclic amines) is 1. The number of nitrogens with one attached hydrogen (secondary N) is 1. The Morgan fingerprint density at radius 1 is 0.837 bits per heavy atom. The molecule has 0 bridgehead atoms. The number of piperidine rings is 1. The van der Waals surface area contributed by atoms with Crippen molar-refractivity contribution >= 4 is 39.4 Å². The van der Waals surface area contributed by atoms with Crippen molar-refractivity contribution in [3.63, 3.8) is 0 Å². The lowest BCUT2D eigenvalue weighted by Crippen LogP contribution is -2.43. The van der Waals surface area contributed by atoms with Crippen molar-refractivity contribution in [2.24, 2.45) is 0 Å². The van der Waals surface area contributed by atoms with Crippen LogP contribution in [-0.2, 0) is 4.74 Å². The average molecular weight is 678 g/mol. The van der Waals surface area contributed by atoms with Crippen LogP contribution < -0.4 is 5.32 Å². The van der Waals surface area contributed by atoms with Crippen molar-refractivity contribution < 1.29 is 9.53 Å². The Labute approximate surface area is 290 Å². The minimum Gasteiger partial charge on any atom is -0.369 e. The molecule has 0 spiro atoms. The monoisotopic (exact) mass is 677 g/mol. The first-order chi connectivity index (χ1) is 23.9. The number of morpholine rings is 1. The molecule has 4 aromatic heterocycles. The molecular weight excluding hydrogens is 638 g/mol. The van der Waals surface area contributed by atoms with Crippen LogP contribution >= 0.6 is 11.6 Å². The Bertz CT molecular complexity index is 2040. The van der Waals surface area contributed by atoms with E-state index in [9.17, 15) is 4.79 Å². The molecule has 0 radical (unpaired) electrons. The number of halogens is 1. The van der Waals surface area contributed by atoms with Crippen molar-refractivity contribution in [2.75, 3.05) is 46.9 Å². The summed E-state index contributed by atoms with van der Waals surface area (Å²) in [6, 6.07) is 20.1. The zero-order chi connectivity index (χ0) is 33.9. The second-order valence-electron chi connectivity index (χ2n) is 12.7. The lowest BCUT2D eigenvalue weighted by Gasteiger charge is -2.33. The fraction of sp³-hybridized carbons (Fsp3) is 0.324. The molecule has 2 fully saturated rings. The van der Waals surface area contributed by atoms with E-state index in [0.717, 1.165) is 83.6 Å². The van der Waals surface area contributed by atoms with E-state index < -0.39 is 0 Å². The third kappa shape index (κ3) is 6.87. The number of carbonyl (C=O) groups is 1. The Morgan fingerprint density at radius 2 is 1.41 bits per heavy atom. The number of nitrogens with zero attached hydrogens (tertiary/aromatic N) is 8. The second kappa shape index (κ2) is 14.3. The van der Waals surface area contributed by atoms with Gasteiger partial charge in [-0.2, -0.15) is 10.2 Å². The molecule has 8 rings (SSSR count). The lowest BCUT2D eigenvalue weighted by molar-refractivity contribution is 0.0257. The maximum atomic E-state index is 12.2. The summed E-state index contributed by atoms with van der Waals surface area (Å²) in [5.74, 6) is 0.328. The van der Waals surface area contributed by atoms with Crippen molar-refractivity contribution in [1.82, 2.24) is 44.6 Å². The van der Waals surface area contributed by atoms with Gasteiger partial charge in [-0.05, 0) is 68.3 Å². The number of fused-ring (bicyclic) bond motifs is 2. The van der Waals surface area contributed by atoms with Gasteiger partial charge in [-0.15, -0.1) is 0 Å². The summed E-state index contributed by atoms with van der Waals surface area (Å²) in [5, 5.41) is 16.1. The van der Waals surface area contributed by atoms with Gasteiger partial charge in [0.25, 0.3) is 0 Å². The number of hydrogen-bond acceptors (Lipinski definition) is 7. The molecule has 2 saturated heterocycles. The van der Waals surface area contributed by atoms with Crippen molar-refractivity contribution in [1.29, 1.82) is 0 Å². The molecule has 11 nitrogen and oxygen atoms in total. The van der Waals surface area contributed by atoms with Gasteiger partial charge in [0.2, 0.25) is 0 Å². The molecule has 12 heteroatoms. The second-order valence-corrected chi connectivity index (χ2v) is 13.1. The predicted octanol–water partition coefficient (Wildman–Crippen LogP) is 6.32. The van der Waals surface area contributed by atoms with Crippen LogP contribution in [0.25, 0.3) is 33.2 Å². The van der Waals surface area contributed by atoms with Gasteiger partial charge >= 0.3 is 6.03 Å². The largest absolute Gasteiger partial charge is 0.369 e. The molecule has 2 aromatic carbocycles. The molecule has 1 N–H and O–H groups in total. The molecule has 0 aliphatic carbocycles. The first-order valence-electron chi connectivity index (χ1n) is 16.6. The number of rotatable bonds is 4. The van der Waals surface area contributed by atoms with Crippen LogP contribution in [0.5, 0.6) is 0 Å². The SMILES string of the molecule is CN(C)C(=O)N1CCC(c2nn(-c3ccc(Cl)cc3)c3cnccc23)CC1.Cc1ccc(-n2nc(C3CNCCO3)c3ccncc32)cc1. The normalized spacial score (nSPS) is 16.8. The van der Waals surface area contributed by atoms with Gasteiger partial charge < -0.3 is 19.9 Å². The molecule has 252 valence electrons. The molecule has 0 saturated carbocycles. The van der Waals surface area contributed by atoms with Crippen LogP contribution in [0.4, 0.5) is 4.79 Å². The Balaban J connectivity index is 0.000000157. The summed E-state index contributed by atoms with van der Waals surface area (Å²) in [7, 11) is 3.59. The van der Waals surface area contributed by atoms with Gasteiger partial charge in [0.05, 0.1) is 47.1 Å². The highest BCUT2D eigenvalue weighted by Crippen LogP contribution is 2.34.